The van der Waals surface area contributed by atoms with Gasteiger partial charge in [0, 0.05) is 45.3 Å². The van der Waals surface area contributed by atoms with Gasteiger partial charge in [-0.2, -0.15) is 0 Å². The number of rotatable bonds is 4. The SMILES string of the molecule is COC[C@@H]1CN(Cc2cn3cccnc3n2)CCO1. The molecule has 0 N–H and O–H groups in total. The molecule has 1 fully saturated rings. The van der Waals surface area contributed by atoms with Crippen molar-refractivity contribution in [2.45, 2.75) is 12.6 Å². The van der Waals surface area contributed by atoms with E-state index in [4.69, 9.17) is 9.47 Å². The highest BCUT2D eigenvalue weighted by Gasteiger charge is 2.21. The van der Waals surface area contributed by atoms with E-state index in [1.165, 1.54) is 0 Å². The highest BCUT2D eigenvalue weighted by Crippen LogP contribution is 2.10. The second kappa shape index (κ2) is 5.64. The van der Waals surface area contributed by atoms with E-state index in [-0.39, 0.29) is 6.10 Å². The Hall–Kier alpha value is -1.50. The molecular formula is C13H18N4O2. The fourth-order valence-electron chi connectivity index (χ4n) is 2.40. The molecule has 0 amide bonds. The lowest BCUT2D eigenvalue weighted by Crippen LogP contribution is -2.43. The molecule has 0 radical (unpaired) electrons. The number of imidazole rings is 1. The van der Waals surface area contributed by atoms with Crippen LogP contribution in [-0.4, -0.2) is 58.8 Å². The third kappa shape index (κ3) is 2.91. The Bertz CT molecular complexity index is 507. The first-order valence-electron chi connectivity index (χ1n) is 6.46. The maximum atomic E-state index is 5.64. The minimum Gasteiger partial charge on any atom is -0.382 e. The summed E-state index contributed by atoms with van der Waals surface area (Å²) in [5, 5.41) is 0. The van der Waals surface area contributed by atoms with Crippen LogP contribution in [0.1, 0.15) is 5.69 Å². The molecular weight excluding hydrogens is 244 g/mol. The summed E-state index contributed by atoms with van der Waals surface area (Å²) in [5.74, 6) is 0.749. The van der Waals surface area contributed by atoms with Crippen molar-refractivity contribution < 1.29 is 9.47 Å². The van der Waals surface area contributed by atoms with E-state index in [1.54, 1.807) is 13.3 Å². The maximum Gasteiger partial charge on any atom is 0.233 e. The minimum atomic E-state index is 0.161. The summed E-state index contributed by atoms with van der Waals surface area (Å²) in [4.78, 5) is 11.1. The summed E-state index contributed by atoms with van der Waals surface area (Å²) in [5.41, 5.74) is 1.04. The van der Waals surface area contributed by atoms with Gasteiger partial charge in [-0.1, -0.05) is 0 Å². The maximum absolute atomic E-state index is 5.64. The van der Waals surface area contributed by atoms with Crippen molar-refractivity contribution in [3.05, 3.63) is 30.4 Å². The zero-order valence-electron chi connectivity index (χ0n) is 11.0. The summed E-state index contributed by atoms with van der Waals surface area (Å²) >= 11 is 0. The zero-order valence-corrected chi connectivity index (χ0v) is 11.0. The Morgan fingerprint density at radius 3 is 3.32 bits per heavy atom. The monoisotopic (exact) mass is 262 g/mol. The first-order chi connectivity index (χ1) is 9.35. The van der Waals surface area contributed by atoms with Gasteiger partial charge in [0.15, 0.2) is 0 Å². The van der Waals surface area contributed by atoms with Crippen LogP contribution in [0, 0.1) is 0 Å². The molecule has 1 saturated heterocycles. The van der Waals surface area contributed by atoms with Gasteiger partial charge in [0.25, 0.3) is 0 Å². The molecule has 0 bridgehead atoms. The average molecular weight is 262 g/mol. The third-order valence-corrected chi connectivity index (χ3v) is 3.25. The van der Waals surface area contributed by atoms with E-state index in [0.29, 0.717) is 6.61 Å². The number of morpholine rings is 1. The van der Waals surface area contributed by atoms with E-state index in [9.17, 15) is 0 Å². The van der Waals surface area contributed by atoms with Crippen LogP contribution < -0.4 is 0 Å². The molecule has 1 aliphatic heterocycles. The normalized spacial score (nSPS) is 21.0. The largest absolute Gasteiger partial charge is 0.382 e. The number of ether oxygens (including phenoxy) is 2. The Kier molecular flexibility index (Phi) is 3.72. The average Bonchev–Trinajstić information content (AvgIpc) is 2.81. The van der Waals surface area contributed by atoms with Crippen LogP contribution in [0.2, 0.25) is 0 Å². The van der Waals surface area contributed by atoms with Crippen molar-refractivity contribution in [2.24, 2.45) is 0 Å². The molecule has 1 atom stereocenters. The second-order valence-corrected chi connectivity index (χ2v) is 4.74. The number of hydrogen-bond acceptors (Lipinski definition) is 5. The highest BCUT2D eigenvalue weighted by atomic mass is 16.5. The summed E-state index contributed by atoms with van der Waals surface area (Å²) in [6.45, 7) is 4.03. The topological polar surface area (TPSA) is 51.9 Å². The molecule has 0 aliphatic carbocycles. The van der Waals surface area contributed by atoms with Crippen molar-refractivity contribution in [3.8, 4) is 0 Å². The molecule has 0 saturated carbocycles. The molecule has 6 nitrogen and oxygen atoms in total. The van der Waals surface area contributed by atoms with Gasteiger partial charge in [-0.15, -0.1) is 0 Å². The van der Waals surface area contributed by atoms with Crippen LogP contribution in [0.5, 0.6) is 0 Å². The number of hydrogen-bond donors (Lipinski definition) is 0. The summed E-state index contributed by atoms with van der Waals surface area (Å²) in [7, 11) is 1.70. The van der Waals surface area contributed by atoms with Crippen LogP contribution in [0.25, 0.3) is 5.78 Å². The van der Waals surface area contributed by atoms with Gasteiger partial charge in [-0.25, -0.2) is 9.97 Å². The Labute approximate surface area is 112 Å². The molecule has 6 heteroatoms. The van der Waals surface area contributed by atoms with E-state index < -0.39 is 0 Å². The first kappa shape index (κ1) is 12.5. The van der Waals surface area contributed by atoms with Crippen LogP contribution in [0.3, 0.4) is 0 Å². The number of nitrogens with zero attached hydrogens (tertiary/aromatic N) is 4. The first-order valence-corrected chi connectivity index (χ1v) is 6.46. The fraction of sp³-hybridized carbons (Fsp3) is 0.538. The van der Waals surface area contributed by atoms with Gasteiger partial charge in [0.1, 0.15) is 0 Å². The van der Waals surface area contributed by atoms with E-state index in [1.807, 2.05) is 22.9 Å². The molecule has 19 heavy (non-hydrogen) atoms. The molecule has 1 aliphatic rings. The van der Waals surface area contributed by atoms with Crippen LogP contribution in [0.15, 0.2) is 24.7 Å². The molecule has 2 aromatic rings. The lowest BCUT2D eigenvalue weighted by atomic mass is 10.2. The van der Waals surface area contributed by atoms with Gasteiger partial charge in [-0.05, 0) is 6.07 Å². The molecule has 0 spiro atoms. The van der Waals surface area contributed by atoms with Crippen LogP contribution in [-0.2, 0) is 16.0 Å². The lowest BCUT2D eigenvalue weighted by molar-refractivity contribution is -0.0633. The fourth-order valence-corrected chi connectivity index (χ4v) is 2.40. The Morgan fingerprint density at radius 2 is 2.47 bits per heavy atom. The van der Waals surface area contributed by atoms with Crippen LogP contribution in [0.4, 0.5) is 0 Å². The predicted octanol–water partition coefficient (Wildman–Crippen LogP) is 0.576. The van der Waals surface area contributed by atoms with Gasteiger partial charge in [0.2, 0.25) is 5.78 Å². The highest BCUT2D eigenvalue weighted by molar-refractivity contribution is 5.29. The van der Waals surface area contributed by atoms with Crippen molar-refractivity contribution in [1.29, 1.82) is 0 Å². The van der Waals surface area contributed by atoms with Crippen LogP contribution >= 0.6 is 0 Å². The van der Waals surface area contributed by atoms with Crippen molar-refractivity contribution in [3.63, 3.8) is 0 Å². The number of fused-ring (bicyclic) bond motifs is 1. The predicted molar refractivity (Wildman–Crippen MR) is 69.9 cm³/mol. The number of aromatic nitrogens is 3. The molecule has 3 rings (SSSR count). The van der Waals surface area contributed by atoms with Gasteiger partial charge in [0.05, 0.1) is 25.0 Å². The van der Waals surface area contributed by atoms with E-state index >= 15 is 0 Å². The molecule has 102 valence electrons. The Balaban J connectivity index is 1.67. The minimum absolute atomic E-state index is 0.161. The van der Waals surface area contributed by atoms with Gasteiger partial charge in [-0.3, -0.25) is 9.30 Å². The summed E-state index contributed by atoms with van der Waals surface area (Å²) < 4.78 is 12.7. The second-order valence-electron chi connectivity index (χ2n) is 4.74. The van der Waals surface area contributed by atoms with E-state index in [0.717, 1.165) is 37.7 Å². The van der Waals surface area contributed by atoms with Crippen molar-refractivity contribution >= 4 is 5.78 Å². The molecule has 0 unspecified atom stereocenters. The quantitative estimate of drug-likeness (QED) is 0.806. The smallest absolute Gasteiger partial charge is 0.233 e. The molecule has 0 aromatic carbocycles. The molecule has 3 heterocycles. The molecule has 2 aromatic heterocycles. The van der Waals surface area contributed by atoms with Gasteiger partial charge >= 0.3 is 0 Å². The third-order valence-electron chi connectivity index (χ3n) is 3.25. The summed E-state index contributed by atoms with van der Waals surface area (Å²) in [6, 6.07) is 1.90. The Morgan fingerprint density at radius 1 is 1.53 bits per heavy atom. The van der Waals surface area contributed by atoms with Crippen molar-refractivity contribution in [1.82, 2.24) is 19.3 Å². The summed E-state index contributed by atoms with van der Waals surface area (Å²) in [6.07, 6.45) is 5.92. The van der Waals surface area contributed by atoms with Gasteiger partial charge < -0.3 is 9.47 Å². The number of methoxy groups -OCH3 is 1. The van der Waals surface area contributed by atoms with E-state index in [2.05, 4.69) is 14.9 Å². The lowest BCUT2D eigenvalue weighted by Gasteiger charge is -2.31. The standard InChI is InChI=1S/C13H18N4O2/c1-18-10-12-9-16(5-6-19-12)7-11-8-17-4-2-3-14-13(17)15-11/h2-4,8,12H,5-7,9-10H2,1H3/t12-/m0/s1. The zero-order chi connectivity index (χ0) is 13.1. The van der Waals surface area contributed by atoms with Crippen molar-refractivity contribution in [2.75, 3.05) is 33.4 Å².